The van der Waals surface area contributed by atoms with Gasteiger partial charge in [-0.2, -0.15) is 0 Å². The highest BCUT2D eigenvalue weighted by molar-refractivity contribution is 5.79. The van der Waals surface area contributed by atoms with Gasteiger partial charge in [0.1, 0.15) is 7.11 Å². The highest BCUT2D eigenvalue weighted by Crippen LogP contribution is 2.32. The molecule has 1 aliphatic carbocycles. The first-order valence-corrected chi connectivity index (χ1v) is 6.06. The highest BCUT2D eigenvalue weighted by Gasteiger charge is 2.14. The van der Waals surface area contributed by atoms with Crippen LogP contribution < -0.4 is 0 Å². The van der Waals surface area contributed by atoms with Gasteiger partial charge in [-0.15, -0.1) is 0 Å². The molecule has 0 saturated heterocycles. The minimum Gasteiger partial charge on any atom is -0.399 e. The Bertz CT molecular complexity index is 336. The van der Waals surface area contributed by atoms with Gasteiger partial charge in [0.05, 0.1) is 6.21 Å². The Balaban J connectivity index is 2.03. The third-order valence-corrected chi connectivity index (χ3v) is 3.32. The molecule has 86 valence electrons. The first kappa shape index (κ1) is 11.2. The Kier molecular flexibility index (Phi) is 3.97. The Morgan fingerprint density at radius 2 is 1.81 bits per heavy atom. The standard InChI is InChI=1S/C14H19NO/c1-16-15-11-12-7-9-14(10-8-12)13-5-3-2-4-6-13/h7-11,13H,2-6H2,1H3. The Morgan fingerprint density at radius 1 is 1.12 bits per heavy atom. The zero-order valence-corrected chi connectivity index (χ0v) is 9.86. The van der Waals surface area contributed by atoms with Gasteiger partial charge in [0.2, 0.25) is 0 Å². The van der Waals surface area contributed by atoms with Gasteiger partial charge in [-0.25, -0.2) is 0 Å². The summed E-state index contributed by atoms with van der Waals surface area (Å²) < 4.78 is 0. The summed E-state index contributed by atoms with van der Waals surface area (Å²) in [5.74, 6) is 0.780. The van der Waals surface area contributed by atoms with E-state index in [0.717, 1.165) is 11.5 Å². The van der Waals surface area contributed by atoms with Crippen molar-refractivity contribution in [2.75, 3.05) is 7.11 Å². The van der Waals surface area contributed by atoms with Crippen molar-refractivity contribution in [3.8, 4) is 0 Å². The Labute approximate surface area is 97.3 Å². The normalized spacial score (nSPS) is 17.8. The lowest BCUT2D eigenvalue weighted by Gasteiger charge is -2.21. The fourth-order valence-corrected chi connectivity index (χ4v) is 2.40. The number of hydrogen-bond donors (Lipinski definition) is 0. The predicted molar refractivity (Wildman–Crippen MR) is 66.9 cm³/mol. The lowest BCUT2D eigenvalue weighted by Crippen LogP contribution is -2.04. The lowest BCUT2D eigenvalue weighted by atomic mass is 9.84. The van der Waals surface area contributed by atoms with Crippen LogP contribution in [0.25, 0.3) is 0 Å². The van der Waals surface area contributed by atoms with Crippen LogP contribution in [0.2, 0.25) is 0 Å². The Hall–Kier alpha value is -1.31. The molecule has 0 N–H and O–H groups in total. The van der Waals surface area contributed by atoms with Crippen molar-refractivity contribution in [1.82, 2.24) is 0 Å². The molecule has 0 radical (unpaired) electrons. The van der Waals surface area contributed by atoms with Gasteiger partial charge in [-0.3, -0.25) is 0 Å². The SMILES string of the molecule is CON=Cc1ccc(C2CCCCC2)cc1. The fraction of sp³-hybridized carbons (Fsp3) is 0.500. The monoisotopic (exact) mass is 217 g/mol. The molecule has 0 aliphatic heterocycles. The summed E-state index contributed by atoms with van der Waals surface area (Å²) in [5, 5.41) is 3.76. The van der Waals surface area contributed by atoms with Crippen molar-refractivity contribution in [2.24, 2.45) is 5.16 Å². The van der Waals surface area contributed by atoms with Gasteiger partial charge >= 0.3 is 0 Å². The molecule has 0 aromatic heterocycles. The highest BCUT2D eigenvalue weighted by atomic mass is 16.6. The van der Waals surface area contributed by atoms with E-state index in [2.05, 4.69) is 34.3 Å². The van der Waals surface area contributed by atoms with Gasteiger partial charge in [0.25, 0.3) is 0 Å². The first-order valence-electron chi connectivity index (χ1n) is 6.06. The lowest BCUT2D eigenvalue weighted by molar-refractivity contribution is 0.215. The second-order valence-corrected chi connectivity index (χ2v) is 4.42. The van der Waals surface area contributed by atoms with Crippen molar-refractivity contribution >= 4 is 6.21 Å². The van der Waals surface area contributed by atoms with E-state index in [-0.39, 0.29) is 0 Å². The van der Waals surface area contributed by atoms with E-state index in [1.165, 1.54) is 37.7 Å². The summed E-state index contributed by atoms with van der Waals surface area (Å²) in [6, 6.07) is 8.69. The van der Waals surface area contributed by atoms with Crippen LogP contribution in [0.3, 0.4) is 0 Å². The van der Waals surface area contributed by atoms with Crippen molar-refractivity contribution in [2.45, 2.75) is 38.0 Å². The molecule has 0 atom stereocenters. The third kappa shape index (κ3) is 2.84. The maximum absolute atomic E-state index is 4.66. The van der Waals surface area contributed by atoms with E-state index < -0.39 is 0 Å². The molecule has 0 heterocycles. The summed E-state index contributed by atoms with van der Waals surface area (Å²) in [6.07, 6.45) is 8.63. The fourth-order valence-electron chi connectivity index (χ4n) is 2.40. The van der Waals surface area contributed by atoms with Gasteiger partial charge in [0, 0.05) is 0 Å². The molecular weight excluding hydrogens is 198 g/mol. The minimum absolute atomic E-state index is 0.780. The number of hydrogen-bond acceptors (Lipinski definition) is 2. The van der Waals surface area contributed by atoms with Crippen molar-refractivity contribution < 1.29 is 4.84 Å². The van der Waals surface area contributed by atoms with Crippen molar-refractivity contribution in [1.29, 1.82) is 0 Å². The van der Waals surface area contributed by atoms with Crippen LogP contribution in [-0.2, 0) is 4.84 Å². The molecule has 0 bridgehead atoms. The minimum atomic E-state index is 0.780. The van der Waals surface area contributed by atoms with Crippen LogP contribution >= 0.6 is 0 Å². The Morgan fingerprint density at radius 3 is 2.44 bits per heavy atom. The van der Waals surface area contributed by atoms with Crippen LogP contribution in [0.1, 0.15) is 49.1 Å². The number of benzene rings is 1. The molecule has 1 aromatic carbocycles. The molecule has 1 aliphatic rings. The molecule has 2 heteroatoms. The molecule has 1 saturated carbocycles. The number of nitrogens with zero attached hydrogens (tertiary/aromatic N) is 1. The zero-order chi connectivity index (χ0) is 11.2. The molecule has 16 heavy (non-hydrogen) atoms. The molecular formula is C14H19NO. The third-order valence-electron chi connectivity index (χ3n) is 3.32. The zero-order valence-electron chi connectivity index (χ0n) is 9.86. The van der Waals surface area contributed by atoms with Gasteiger partial charge in [-0.1, -0.05) is 48.7 Å². The summed E-state index contributed by atoms with van der Waals surface area (Å²) in [5.41, 5.74) is 2.58. The number of oxime groups is 1. The molecule has 0 unspecified atom stereocenters. The van der Waals surface area contributed by atoms with Crippen LogP contribution in [0.15, 0.2) is 29.4 Å². The largest absolute Gasteiger partial charge is 0.399 e. The molecule has 0 spiro atoms. The predicted octanol–water partition coefficient (Wildman–Crippen LogP) is 3.71. The van der Waals surface area contributed by atoms with Crippen molar-refractivity contribution in [3.05, 3.63) is 35.4 Å². The molecule has 0 amide bonds. The maximum atomic E-state index is 4.66. The quantitative estimate of drug-likeness (QED) is 0.558. The van der Waals surface area contributed by atoms with E-state index in [0.29, 0.717) is 0 Å². The van der Waals surface area contributed by atoms with E-state index in [1.807, 2.05) is 0 Å². The molecule has 2 rings (SSSR count). The van der Waals surface area contributed by atoms with E-state index in [1.54, 1.807) is 13.3 Å². The van der Waals surface area contributed by atoms with Gasteiger partial charge < -0.3 is 4.84 Å². The average molecular weight is 217 g/mol. The molecule has 1 aromatic rings. The molecule has 1 fully saturated rings. The van der Waals surface area contributed by atoms with Crippen LogP contribution in [0.4, 0.5) is 0 Å². The topological polar surface area (TPSA) is 21.6 Å². The second kappa shape index (κ2) is 5.69. The summed E-state index contributed by atoms with van der Waals surface area (Å²) >= 11 is 0. The van der Waals surface area contributed by atoms with Gasteiger partial charge in [-0.05, 0) is 29.9 Å². The number of rotatable bonds is 3. The van der Waals surface area contributed by atoms with E-state index in [4.69, 9.17) is 0 Å². The second-order valence-electron chi connectivity index (χ2n) is 4.42. The van der Waals surface area contributed by atoms with E-state index >= 15 is 0 Å². The van der Waals surface area contributed by atoms with Crippen LogP contribution in [-0.4, -0.2) is 13.3 Å². The van der Waals surface area contributed by atoms with Gasteiger partial charge in [0.15, 0.2) is 0 Å². The smallest absolute Gasteiger partial charge is 0.106 e. The van der Waals surface area contributed by atoms with Crippen LogP contribution in [0, 0.1) is 0 Å². The van der Waals surface area contributed by atoms with Crippen LogP contribution in [0.5, 0.6) is 0 Å². The van der Waals surface area contributed by atoms with Crippen molar-refractivity contribution in [3.63, 3.8) is 0 Å². The summed E-state index contributed by atoms with van der Waals surface area (Å²) in [4.78, 5) is 4.66. The van der Waals surface area contributed by atoms with E-state index in [9.17, 15) is 0 Å². The molecule has 2 nitrogen and oxygen atoms in total. The maximum Gasteiger partial charge on any atom is 0.106 e. The summed E-state index contributed by atoms with van der Waals surface area (Å²) in [7, 11) is 1.56. The summed E-state index contributed by atoms with van der Waals surface area (Å²) in [6.45, 7) is 0. The average Bonchev–Trinajstić information content (AvgIpc) is 2.38. The first-order chi connectivity index (χ1) is 7.90.